The monoisotopic (exact) mass is 422 g/mol. The summed E-state index contributed by atoms with van der Waals surface area (Å²) in [5, 5.41) is 4.16. The molecule has 4 nitrogen and oxygen atoms in total. The third-order valence-electron chi connectivity index (χ3n) is 5.33. The third kappa shape index (κ3) is 4.77. The van der Waals surface area contributed by atoms with E-state index in [0.717, 1.165) is 16.9 Å². The lowest BCUT2D eigenvalue weighted by Crippen LogP contribution is -2.20. The van der Waals surface area contributed by atoms with E-state index in [1.54, 1.807) is 0 Å². The summed E-state index contributed by atoms with van der Waals surface area (Å²) in [6.45, 7) is 4.34. The summed E-state index contributed by atoms with van der Waals surface area (Å²) in [6, 6.07) is 25.9. The maximum Gasteiger partial charge on any atom is 0.257 e. The quantitative estimate of drug-likeness (QED) is 0.437. The predicted molar refractivity (Wildman–Crippen MR) is 128 cm³/mol. The molecule has 3 aromatic carbocycles. The van der Waals surface area contributed by atoms with Crippen LogP contribution in [0.15, 0.2) is 78.9 Å². The lowest BCUT2D eigenvalue weighted by molar-refractivity contribution is 0.396. The van der Waals surface area contributed by atoms with E-state index in [-0.39, 0.29) is 0 Å². The van der Waals surface area contributed by atoms with Crippen LogP contribution in [-0.2, 0) is 9.09 Å². The fourth-order valence-corrected chi connectivity index (χ4v) is 5.61. The van der Waals surface area contributed by atoms with Crippen molar-refractivity contribution in [2.75, 3.05) is 31.4 Å². The van der Waals surface area contributed by atoms with Gasteiger partial charge in [-0.25, -0.2) is 0 Å². The number of nitrogens with one attached hydrogen (secondary N) is 1. The van der Waals surface area contributed by atoms with Gasteiger partial charge in [-0.05, 0) is 53.4 Å². The van der Waals surface area contributed by atoms with Gasteiger partial charge in [0.2, 0.25) is 0 Å². The van der Waals surface area contributed by atoms with Gasteiger partial charge in [0.1, 0.15) is 5.78 Å². The minimum Gasteiger partial charge on any atom is -0.378 e. The van der Waals surface area contributed by atoms with E-state index in [0.29, 0.717) is 11.2 Å². The second-order valence-corrected chi connectivity index (χ2v) is 10.5. The second-order valence-electron chi connectivity index (χ2n) is 7.92. The van der Waals surface area contributed by atoms with Gasteiger partial charge in [-0.1, -0.05) is 56.3 Å². The number of nitrogens with zero attached hydrogens (tertiary/aromatic N) is 1. The molecule has 0 aromatic heterocycles. The molecule has 0 bridgehead atoms. The number of hydrogen-bond acceptors (Lipinski definition) is 4. The van der Waals surface area contributed by atoms with Crippen LogP contribution in [0, 0.1) is 0 Å². The molecule has 2 atom stereocenters. The Labute approximate surface area is 180 Å². The van der Waals surface area contributed by atoms with Crippen molar-refractivity contribution < 1.29 is 9.09 Å². The second kappa shape index (κ2) is 9.51. The molecule has 5 heteroatoms. The molecule has 1 N–H and O–H groups in total. The van der Waals surface area contributed by atoms with Gasteiger partial charge in [-0.15, -0.1) is 0 Å². The van der Waals surface area contributed by atoms with Crippen molar-refractivity contribution in [2.24, 2.45) is 0 Å². The Hall–Kier alpha value is -2.55. The fourth-order valence-electron chi connectivity index (χ4n) is 3.44. The van der Waals surface area contributed by atoms with E-state index < -0.39 is 13.2 Å². The van der Waals surface area contributed by atoms with Gasteiger partial charge in [-0.2, -0.15) is 0 Å². The van der Waals surface area contributed by atoms with E-state index in [4.69, 9.17) is 4.52 Å². The Morgan fingerprint density at radius 1 is 0.833 bits per heavy atom. The molecular weight excluding hydrogens is 391 g/mol. The first-order valence-corrected chi connectivity index (χ1v) is 11.9. The number of anilines is 2. The van der Waals surface area contributed by atoms with Crippen LogP contribution in [0.25, 0.3) is 0 Å². The Kier molecular flexibility index (Phi) is 7.02. The zero-order valence-electron chi connectivity index (χ0n) is 18.4. The molecule has 0 amide bonds. The molecule has 0 saturated heterocycles. The van der Waals surface area contributed by atoms with Crippen LogP contribution >= 0.6 is 7.37 Å². The van der Waals surface area contributed by atoms with Gasteiger partial charge in [0.25, 0.3) is 7.37 Å². The summed E-state index contributed by atoms with van der Waals surface area (Å²) in [5.74, 6) is -0.0660. The summed E-state index contributed by atoms with van der Waals surface area (Å²) >= 11 is 0. The number of para-hydroxylation sites is 1. The van der Waals surface area contributed by atoms with Crippen LogP contribution in [0.2, 0.25) is 0 Å². The van der Waals surface area contributed by atoms with Crippen LogP contribution in [0.4, 0.5) is 11.4 Å². The van der Waals surface area contributed by atoms with Crippen LogP contribution in [0.3, 0.4) is 0 Å². The molecule has 0 spiro atoms. The molecule has 0 aliphatic carbocycles. The van der Waals surface area contributed by atoms with E-state index >= 15 is 0 Å². The maximum atomic E-state index is 14.3. The highest BCUT2D eigenvalue weighted by molar-refractivity contribution is 7.67. The van der Waals surface area contributed by atoms with Crippen molar-refractivity contribution in [2.45, 2.75) is 25.5 Å². The minimum absolute atomic E-state index is 0.437. The molecule has 0 saturated carbocycles. The topological polar surface area (TPSA) is 41.6 Å². The van der Waals surface area contributed by atoms with Crippen molar-refractivity contribution >= 4 is 24.0 Å². The predicted octanol–water partition coefficient (Wildman–Crippen LogP) is 6.24. The van der Waals surface area contributed by atoms with Gasteiger partial charge in [-0.3, -0.25) is 4.57 Å². The molecule has 0 heterocycles. The average Bonchev–Trinajstić information content (AvgIpc) is 2.78. The van der Waals surface area contributed by atoms with Crippen LogP contribution in [0.5, 0.6) is 0 Å². The van der Waals surface area contributed by atoms with Gasteiger partial charge >= 0.3 is 0 Å². The molecule has 158 valence electrons. The molecule has 3 rings (SSSR count). The van der Waals surface area contributed by atoms with Crippen LogP contribution in [0.1, 0.15) is 36.7 Å². The molecule has 30 heavy (non-hydrogen) atoms. The smallest absolute Gasteiger partial charge is 0.257 e. The van der Waals surface area contributed by atoms with Crippen molar-refractivity contribution in [3.8, 4) is 0 Å². The minimum atomic E-state index is -3.27. The Morgan fingerprint density at radius 2 is 1.40 bits per heavy atom. The van der Waals surface area contributed by atoms with Crippen LogP contribution in [-0.4, -0.2) is 21.2 Å². The van der Waals surface area contributed by atoms with Gasteiger partial charge in [0, 0.05) is 37.9 Å². The SMILES string of the molecule is CO[P@](=O)(c1ccc(N(C)C)cc1)[C@H](Nc1ccccc1)c1ccc(C(C)C)cc1. The summed E-state index contributed by atoms with van der Waals surface area (Å²) in [4.78, 5) is 2.02. The van der Waals surface area contributed by atoms with Crippen LogP contribution < -0.4 is 15.5 Å². The third-order valence-corrected chi connectivity index (χ3v) is 8.00. The summed E-state index contributed by atoms with van der Waals surface area (Å²) in [5.41, 5.74) is 4.14. The van der Waals surface area contributed by atoms with Crippen molar-refractivity contribution in [1.29, 1.82) is 0 Å². The highest BCUT2D eigenvalue weighted by atomic mass is 31.2. The lowest BCUT2D eigenvalue weighted by atomic mass is 10.0. The van der Waals surface area contributed by atoms with Crippen molar-refractivity contribution in [1.82, 2.24) is 0 Å². The first-order chi connectivity index (χ1) is 14.3. The van der Waals surface area contributed by atoms with E-state index in [2.05, 4.69) is 43.4 Å². The summed E-state index contributed by atoms with van der Waals surface area (Å²) in [6.07, 6.45) is 0. The maximum absolute atomic E-state index is 14.3. The zero-order valence-corrected chi connectivity index (χ0v) is 19.3. The largest absolute Gasteiger partial charge is 0.378 e. The molecule has 0 aliphatic rings. The number of rotatable bonds is 8. The van der Waals surface area contributed by atoms with Crippen molar-refractivity contribution in [3.05, 3.63) is 90.0 Å². The summed E-state index contributed by atoms with van der Waals surface area (Å²) in [7, 11) is 2.24. The van der Waals surface area contributed by atoms with Gasteiger partial charge < -0.3 is 14.7 Å². The average molecular weight is 423 g/mol. The molecule has 3 aromatic rings. The first-order valence-electron chi connectivity index (χ1n) is 10.2. The zero-order chi connectivity index (χ0) is 21.7. The highest BCUT2D eigenvalue weighted by Crippen LogP contribution is 2.58. The molecule has 0 aliphatic heterocycles. The molecular formula is C25H31N2O2P. The first kappa shape index (κ1) is 22.1. The molecule has 0 radical (unpaired) electrons. The Bertz CT molecular complexity index is 984. The standard InChI is InChI=1S/C25H31N2O2P/c1-19(2)20-11-13-21(14-12-20)25(26-22-9-7-6-8-10-22)30(28,29-5)24-17-15-23(16-18-24)27(3)4/h6-19,25-26H,1-5H3/t25-,30+/m0/s1. The van der Waals surface area contributed by atoms with E-state index in [1.807, 2.05) is 73.6 Å². The fraction of sp³-hybridized carbons (Fsp3) is 0.280. The van der Waals surface area contributed by atoms with Crippen molar-refractivity contribution in [3.63, 3.8) is 0 Å². The lowest BCUT2D eigenvalue weighted by Gasteiger charge is -2.29. The van der Waals surface area contributed by atoms with Gasteiger partial charge in [0.05, 0.1) is 0 Å². The van der Waals surface area contributed by atoms with Gasteiger partial charge in [0.15, 0.2) is 0 Å². The number of benzene rings is 3. The van der Waals surface area contributed by atoms with E-state index in [9.17, 15) is 4.57 Å². The van der Waals surface area contributed by atoms with E-state index in [1.165, 1.54) is 12.7 Å². The molecule has 0 fully saturated rings. The highest BCUT2D eigenvalue weighted by Gasteiger charge is 2.37. The Balaban J connectivity index is 2.07. The Morgan fingerprint density at radius 3 is 1.90 bits per heavy atom. The summed E-state index contributed by atoms with van der Waals surface area (Å²) < 4.78 is 20.1. The molecule has 0 unspecified atom stereocenters. The normalized spacial score (nSPS) is 14.2. The number of hydrogen-bond donors (Lipinski definition) is 1.